The lowest BCUT2D eigenvalue weighted by molar-refractivity contribution is 0.0683. The van der Waals surface area contributed by atoms with E-state index < -0.39 is 5.97 Å². The Morgan fingerprint density at radius 1 is 1.44 bits per heavy atom. The molecule has 0 aliphatic heterocycles. The number of carboxylic acids is 1. The van der Waals surface area contributed by atoms with E-state index in [1.165, 1.54) is 7.11 Å². The van der Waals surface area contributed by atoms with Crippen LogP contribution in [0, 0.1) is 0 Å². The summed E-state index contributed by atoms with van der Waals surface area (Å²) in [5, 5.41) is 9.78. The Morgan fingerprint density at radius 3 is 2.81 bits per heavy atom. The predicted molar refractivity (Wildman–Crippen MR) is 58.1 cm³/mol. The normalized spacial score (nSPS) is 10.4. The van der Waals surface area contributed by atoms with Crippen LogP contribution in [0.15, 0.2) is 18.2 Å². The molecular formula is C10H7ClN2O3. The Labute approximate surface area is 95.7 Å². The minimum Gasteiger partial charge on any atom is -0.480 e. The second-order valence-electron chi connectivity index (χ2n) is 3.00. The maximum absolute atomic E-state index is 10.8. The number of halogens is 1. The van der Waals surface area contributed by atoms with Gasteiger partial charge < -0.3 is 9.84 Å². The molecule has 0 amide bonds. The van der Waals surface area contributed by atoms with Gasteiger partial charge in [-0.3, -0.25) is 0 Å². The quantitative estimate of drug-likeness (QED) is 0.866. The van der Waals surface area contributed by atoms with E-state index in [4.69, 9.17) is 21.4 Å². The number of fused-ring (bicyclic) bond motifs is 1. The molecule has 16 heavy (non-hydrogen) atoms. The number of benzene rings is 1. The largest absolute Gasteiger partial charge is 0.480 e. The Morgan fingerprint density at radius 2 is 2.19 bits per heavy atom. The van der Waals surface area contributed by atoms with Gasteiger partial charge in [0, 0.05) is 0 Å². The number of carboxylic acid groups (broad SMARTS) is 1. The molecule has 6 heteroatoms. The minimum atomic E-state index is -1.22. The van der Waals surface area contributed by atoms with Gasteiger partial charge in [0.2, 0.25) is 11.7 Å². The van der Waals surface area contributed by atoms with Crippen LogP contribution in [0.4, 0.5) is 0 Å². The second kappa shape index (κ2) is 3.94. The zero-order valence-corrected chi connectivity index (χ0v) is 9.02. The first-order valence-corrected chi connectivity index (χ1v) is 4.75. The molecule has 82 valence electrons. The fourth-order valence-electron chi connectivity index (χ4n) is 1.34. The van der Waals surface area contributed by atoms with E-state index in [0.29, 0.717) is 15.9 Å². The van der Waals surface area contributed by atoms with Crippen molar-refractivity contribution in [1.82, 2.24) is 9.97 Å². The van der Waals surface area contributed by atoms with Crippen LogP contribution in [0.5, 0.6) is 5.88 Å². The SMILES string of the molecule is COc1nc(C(=O)O)nc2c(Cl)cccc12. The van der Waals surface area contributed by atoms with Gasteiger partial charge in [-0.05, 0) is 12.1 Å². The lowest BCUT2D eigenvalue weighted by atomic mass is 10.2. The second-order valence-corrected chi connectivity index (χ2v) is 3.40. The number of rotatable bonds is 2. The van der Waals surface area contributed by atoms with Crippen LogP contribution in [0.1, 0.15) is 10.6 Å². The third kappa shape index (κ3) is 1.65. The van der Waals surface area contributed by atoms with Crippen molar-refractivity contribution in [3.8, 4) is 5.88 Å². The van der Waals surface area contributed by atoms with E-state index in [0.717, 1.165) is 0 Å². The summed E-state index contributed by atoms with van der Waals surface area (Å²) in [6, 6.07) is 5.06. The van der Waals surface area contributed by atoms with Crippen molar-refractivity contribution in [3.63, 3.8) is 0 Å². The van der Waals surface area contributed by atoms with E-state index in [2.05, 4.69) is 9.97 Å². The van der Waals surface area contributed by atoms with Gasteiger partial charge in [-0.25, -0.2) is 9.78 Å². The maximum Gasteiger partial charge on any atom is 0.374 e. The summed E-state index contributed by atoms with van der Waals surface area (Å²) in [6.45, 7) is 0. The number of para-hydroxylation sites is 1. The lowest BCUT2D eigenvalue weighted by Crippen LogP contribution is -2.06. The highest BCUT2D eigenvalue weighted by molar-refractivity contribution is 6.35. The van der Waals surface area contributed by atoms with Gasteiger partial charge in [-0.15, -0.1) is 0 Å². The number of hydrogen-bond donors (Lipinski definition) is 1. The number of methoxy groups -OCH3 is 1. The van der Waals surface area contributed by atoms with E-state index in [-0.39, 0.29) is 11.7 Å². The van der Waals surface area contributed by atoms with Crippen LogP contribution in [0.25, 0.3) is 10.9 Å². The molecule has 0 fully saturated rings. The molecule has 1 aromatic heterocycles. The first-order chi connectivity index (χ1) is 7.63. The molecule has 0 aliphatic carbocycles. The molecule has 1 N–H and O–H groups in total. The van der Waals surface area contributed by atoms with Crippen LogP contribution in [0.2, 0.25) is 5.02 Å². The Kier molecular flexibility index (Phi) is 2.62. The van der Waals surface area contributed by atoms with Crippen molar-refractivity contribution in [3.05, 3.63) is 29.0 Å². The van der Waals surface area contributed by atoms with Crippen molar-refractivity contribution in [2.75, 3.05) is 7.11 Å². The molecule has 1 aromatic carbocycles. The molecule has 0 atom stereocenters. The van der Waals surface area contributed by atoms with Gasteiger partial charge in [0.1, 0.15) is 0 Å². The molecule has 0 saturated carbocycles. The topological polar surface area (TPSA) is 72.3 Å². The standard InChI is InChI=1S/C10H7ClN2O3/c1-16-9-5-3-2-4-6(11)7(5)12-8(13-9)10(14)15/h2-4H,1H3,(H,14,15). The molecule has 0 bridgehead atoms. The summed E-state index contributed by atoms with van der Waals surface area (Å²) < 4.78 is 5.00. The summed E-state index contributed by atoms with van der Waals surface area (Å²) in [5.41, 5.74) is 0.369. The monoisotopic (exact) mass is 238 g/mol. The number of aromatic carboxylic acids is 1. The van der Waals surface area contributed by atoms with Crippen molar-refractivity contribution in [2.24, 2.45) is 0 Å². The van der Waals surface area contributed by atoms with Crippen LogP contribution >= 0.6 is 11.6 Å². The summed E-state index contributed by atoms with van der Waals surface area (Å²) in [4.78, 5) is 18.4. The maximum atomic E-state index is 10.8. The Balaban J connectivity index is 2.84. The predicted octanol–water partition coefficient (Wildman–Crippen LogP) is 1.99. The van der Waals surface area contributed by atoms with Crippen molar-refractivity contribution in [2.45, 2.75) is 0 Å². The number of nitrogens with zero attached hydrogens (tertiary/aromatic N) is 2. The average Bonchev–Trinajstić information content (AvgIpc) is 2.28. The summed E-state index contributed by atoms with van der Waals surface area (Å²) in [7, 11) is 1.41. The first kappa shape index (κ1) is 10.6. The molecule has 2 aromatic rings. The highest BCUT2D eigenvalue weighted by Crippen LogP contribution is 2.27. The fraction of sp³-hybridized carbons (Fsp3) is 0.100. The van der Waals surface area contributed by atoms with Crippen molar-refractivity contribution >= 4 is 28.5 Å². The van der Waals surface area contributed by atoms with Crippen molar-refractivity contribution in [1.29, 1.82) is 0 Å². The summed E-state index contributed by atoms with van der Waals surface area (Å²) in [5.74, 6) is -1.36. The molecule has 0 unspecified atom stereocenters. The molecule has 0 spiro atoms. The fourth-order valence-corrected chi connectivity index (χ4v) is 1.56. The van der Waals surface area contributed by atoms with E-state index in [1.54, 1.807) is 18.2 Å². The smallest absolute Gasteiger partial charge is 0.374 e. The first-order valence-electron chi connectivity index (χ1n) is 4.37. The number of carbonyl (C=O) groups is 1. The van der Waals surface area contributed by atoms with Crippen LogP contribution < -0.4 is 4.74 Å². The van der Waals surface area contributed by atoms with Gasteiger partial charge in [0.25, 0.3) is 0 Å². The highest BCUT2D eigenvalue weighted by Gasteiger charge is 2.14. The van der Waals surface area contributed by atoms with E-state index >= 15 is 0 Å². The van der Waals surface area contributed by atoms with Crippen LogP contribution in [0.3, 0.4) is 0 Å². The lowest BCUT2D eigenvalue weighted by Gasteiger charge is -2.05. The summed E-state index contributed by atoms with van der Waals surface area (Å²) in [6.07, 6.45) is 0. The van der Waals surface area contributed by atoms with E-state index in [9.17, 15) is 4.79 Å². The highest BCUT2D eigenvalue weighted by atomic mass is 35.5. The Bertz CT molecular complexity index is 571. The molecule has 1 heterocycles. The zero-order valence-electron chi connectivity index (χ0n) is 8.27. The van der Waals surface area contributed by atoms with Crippen LogP contribution in [-0.4, -0.2) is 28.2 Å². The number of ether oxygens (including phenoxy) is 1. The molecule has 0 aliphatic rings. The Hall–Kier alpha value is -1.88. The number of aromatic nitrogens is 2. The van der Waals surface area contributed by atoms with Gasteiger partial charge in [-0.1, -0.05) is 17.7 Å². The molecular weight excluding hydrogens is 232 g/mol. The minimum absolute atomic E-state index is 0.199. The molecule has 5 nitrogen and oxygen atoms in total. The van der Waals surface area contributed by atoms with Gasteiger partial charge in [-0.2, -0.15) is 4.98 Å². The summed E-state index contributed by atoms with van der Waals surface area (Å²) >= 11 is 5.92. The average molecular weight is 239 g/mol. The third-order valence-corrected chi connectivity index (χ3v) is 2.33. The molecule has 2 rings (SSSR count). The van der Waals surface area contributed by atoms with Crippen LogP contribution in [-0.2, 0) is 0 Å². The van der Waals surface area contributed by atoms with Gasteiger partial charge in [0.15, 0.2) is 0 Å². The molecule has 0 radical (unpaired) electrons. The zero-order chi connectivity index (χ0) is 11.7. The number of hydrogen-bond acceptors (Lipinski definition) is 4. The molecule has 0 saturated heterocycles. The van der Waals surface area contributed by atoms with Gasteiger partial charge >= 0.3 is 5.97 Å². The third-order valence-electron chi connectivity index (χ3n) is 2.03. The van der Waals surface area contributed by atoms with Gasteiger partial charge in [0.05, 0.1) is 23.0 Å². The van der Waals surface area contributed by atoms with Crippen molar-refractivity contribution < 1.29 is 14.6 Å². The van der Waals surface area contributed by atoms with E-state index in [1.807, 2.05) is 0 Å².